The van der Waals surface area contributed by atoms with E-state index in [0.29, 0.717) is 11.6 Å². The summed E-state index contributed by atoms with van der Waals surface area (Å²) in [6.45, 7) is 1.80. The van der Waals surface area contributed by atoms with E-state index in [0.717, 1.165) is 5.56 Å². The topological polar surface area (TPSA) is 82.5 Å². The lowest BCUT2D eigenvalue weighted by Crippen LogP contribution is -2.22. The van der Waals surface area contributed by atoms with E-state index in [9.17, 15) is 15.0 Å². The number of benzene rings is 1. The number of phenolic OH excluding ortho intramolecular Hbond substituents is 2. The lowest BCUT2D eigenvalue weighted by molar-refractivity contribution is -0.119. The third-order valence-electron chi connectivity index (χ3n) is 2.69. The molecular formula is C13H14N2O3S. The molecule has 0 aliphatic carbocycles. The highest BCUT2D eigenvalue weighted by Crippen LogP contribution is 2.26. The molecule has 0 spiro atoms. The molecule has 0 fully saturated rings. The summed E-state index contributed by atoms with van der Waals surface area (Å²) in [6.07, 6.45) is 2.11. The van der Waals surface area contributed by atoms with Crippen LogP contribution < -0.4 is 5.32 Å². The predicted octanol–water partition coefficient (Wildman–Crippen LogP) is 2.37. The SMILES string of the molecule is CC(Cc1ccc(O)c(O)c1)C(=O)Nc1nccs1. The van der Waals surface area contributed by atoms with Crippen LogP contribution in [0.4, 0.5) is 5.13 Å². The van der Waals surface area contributed by atoms with Crippen molar-refractivity contribution in [2.45, 2.75) is 13.3 Å². The summed E-state index contributed by atoms with van der Waals surface area (Å²) < 4.78 is 0. The molecule has 1 unspecified atom stereocenters. The van der Waals surface area contributed by atoms with Gasteiger partial charge in [-0.2, -0.15) is 0 Å². The number of nitrogens with one attached hydrogen (secondary N) is 1. The van der Waals surface area contributed by atoms with E-state index in [4.69, 9.17) is 0 Å². The summed E-state index contributed by atoms with van der Waals surface area (Å²) in [5.41, 5.74) is 0.789. The Morgan fingerprint density at radius 3 is 2.84 bits per heavy atom. The van der Waals surface area contributed by atoms with E-state index in [1.54, 1.807) is 24.6 Å². The van der Waals surface area contributed by atoms with Gasteiger partial charge in [0.1, 0.15) is 0 Å². The van der Waals surface area contributed by atoms with E-state index in [1.165, 1.54) is 23.5 Å². The van der Waals surface area contributed by atoms with Crippen LogP contribution in [0.25, 0.3) is 0 Å². The average Bonchev–Trinajstić information content (AvgIpc) is 2.86. The van der Waals surface area contributed by atoms with E-state index in [1.807, 2.05) is 0 Å². The molecule has 3 N–H and O–H groups in total. The first-order chi connectivity index (χ1) is 9.06. The van der Waals surface area contributed by atoms with Crippen LogP contribution in [0.3, 0.4) is 0 Å². The quantitative estimate of drug-likeness (QED) is 0.750. The number of aromatic hydroxyl groups is 2. The van der Waals surface area contributed by atoms with Gasteiger partial charge in [0.15, 0.2) is 16.6 Å². The molecule has 0 bridgehead atoms. The van der Waals surface area contributed by atoms with Crippen molar-refractivity contribution < 1.29 is 15.0 Å². The monoisotopic (exact) mass is 278 g/mol. The Bertz CT molecular complexity index is 569. The highest BCUT2D eigenvalue weighted by molar-refractivity contribution is 7.13. The molecule has 1 heterocycles. The van der Waals surface area contributed by atoms with Gasteiger partial charge < -0.3 is 15.5 Å². The van der Waals surface area contributed by atoms with Crippen LogP contribution in [0.5, 0.6) is 11.5 Å². The number of phenols is 2. The van der Waals surface area contributed by atoms with Crippen LogP contribution in [0.2, 0.25) is 0 Å². The van der Waals surface area contributed by atoms with E-state index >= 15 is 0 Å². The van der Waals surface area contributed by atoms with Crippen LogP contribution in [-0.4, -0.2) is 21.1 Å². The van der Waals surface area contributed by atoms with Crippen LogP contribution in [0.1, 0.15) is 12.5 Å². The number of hydrogen-bond acceptors (Lipinski definition) is 5. The number of carbonyl (C=O) groups is 1. The summed E-state index contributed by atoms with van der Waals surface area (Å²) in [7, 11) is 0. The zero-order valence-corrected chi connectivity index (χ0v) is 11.1. The Kier molecular flexibility index (Phi) is 4.01. The molecule has 2 rings (SSSR count). The molecule has 100 valence electrons. The molecule has 0 aliphatic heterocycles. The minimum atomic E-state index is -0.257. The van der Waals surface area contributed by atoms with Crippen molar-refractivity contribution in [3.8, 4) is 11.5 Å². The maximum Gasteiger partial charge on any atom is 0.229 e. The fourth-order valence-electron chi connectivity index (χ4n) is 1.66. The minimum Gasteiger partial charge on any atom is -0.504 e. The average molecular weight is 278 g/mol. The van der Waals surface area contributed by atoms with Crippen LogP contribution in [0, 0.1) is 5.92 Å². The predicted molar refractivity (Wildman–Crippen MR) is 73.4 cm³/mol. The van der Waals surface area contributed by atoms with Crippen molar-refractivity contribution in [3.63, 3.8) is 0 Å². The first-order valence-electron chi connectivity index (χ1n) is 5.77. The molecule has 0 radical (unpaired) electrons. The Labute approximate surface area is 114 Å². The van der Waals surface area contributed by atoms with Gasteiger partial charge in [-0.1, -0.05) is 13.0 Å². The minimum absolute atomic E-state index is 0.123. The van der Waals surface area contributed by atoms with Crippen molar-refractivity contribution in [2.24, 2.45) is 5.92 Å². The largest absolute Gasteiger partial charge is 0.504 e. The fraction of sp³-hybridized carbons (Fsp3) is 0.231. The number of anilines is 1. The maximum atomic E-state index is 11.9. The van der Waals surface area contributed by atoms with Gasteiger partial charge in [-0.25, -0.2) is 4.98 Å². The van der Waals surface area contributed by atoms with Crippen molar-refractivity contribution in [1.82, 2.24) is 4.98 Å². The summed E-state index contributed by atoms with van der Waals surface area (Å²) in [4.78, 5) is 15.9. The van der Waals surface area contributed by atoms with Gasteiger partial charge in [0.25, 0.3) is 0 Å². The number of carbonyl (C=O) groups excluding carboxylic acids is 1. The third-order valence-corrected chi connectivity index (χ3v) is 3.38. The Hall–Kier alpha value is -2.08. The molecule has 0 aliphatic rings. The first-order valence-corrected chi connectivity index (χ1v) is 6.65. The number of rotatable bonds is 4. The van der Waals surface area contributed by atoms with E-state index in [-0.39, 0.29) is 23.3 Å². The molecule has 1 amide bonds. The molecule has 5 nitrogen and oxygen atoms in total. The van der Waals surface area contributed by atoms with Gasteiger partial charge in [-0.3, -0.25) is 4.79 Å². The zero-order chi connectivity index (χ0) is 13.8. The van der Waals surface area contributed by atoms with Crippen LogP contribution >= 0.6 is 11.3 Å². The number of aromatic nitrogens is 1. The number of nitrogens with zero attached hydrogens (tertiary/aromatic N) is 1. The third kappa shape index (κ3) is 3.45. The smallest absolute Gasteiger partial charge is 0.229 e. The molecule has 19 heavy (non-hydrogen) atoms. The van der Waals surface area contributed by atoms with Crippen molar-refractivity contribution in [3.05, 3.63) is 35.3 Å². The van der Waals surface area contributed by atoms with Gasteiger partial charge in [-0.15, -0.1) is 11.3 Å². The van der Waals surface area contributed by atoms with Crippen molar-refractivity contribution in [1.29, 1.82) is 0 Å². The highest BCUT2D eigenvalue weighted by atomic mass is 32.1. The lowest BCUT2D eigenvalue weighted by atomic mass is 10.00. The molecule has 6 heteroatoms. The van der Waals surface area contributed by atoms with Crippen LogP contribution in [0.15, 0.2) is 29.8 Å². The summed E-state index contributed by atoms with van der Waals surface area (Å²) in [5, 5.41) is 23.7. The second kappa shape index (κ2) is 5.71. The van der Waals surface area contributed by atoms with Crippen LogP contribution in [-0.2, 0) is 11.2 Å². The Morgan fingerprint density at radius 1 is 1.42 bits per heavy atom. The molecule has 0 saturated heterocycles. The normalized spacial score (nSPS) is 12.1. The summed E-state index contributed by atoms with van der Waals surface area (Å²) >= 11 is 1.36. The first kappa shape index (κ1) is 13.4. The molecule has 1 atom stereocenters. The molecule has 1 aromatic carbocycles. The number of thiazole rings is 1. The van der Waals surface area contributed by atoms with Crippen molar-refractivity contribution in [2.75, 3.05) is 5.32 Å². The molecule has 0 saturated carbocycles. The highest BCUT2D eigenvalue weighted by Gasteiger charge is 2.15. The Balaban J connectivity index is 1.98. The maximum absolute atomic E-state index is 11.9. The Morgan fingerprint density at radius 2 is 2.21 bits per heavy atom. The second-order valence-electron chi connectivity index (χ2n) is 4.25. The summed E-state index contributed by atoms with van der Waals surface area (Å²) in [5.74, 6) is -0.718. The standard InChI is InChI=1S/C13H14N2O3S/c1-8(12(18)15-13-14-4-5-19-13)6-9-2-3-10(16)11(17)7-9/h2-5,7-8,16-17H,6H2,1H3,(H,14,15,18). The van der Waals surface area contributed by atoms with E-state index < -0.39 is 0 Å². The van der Waals surface area contributed by atoms with Gasteiger partial charge in [0, 0.05) is 17.5 Å². The zero-order valence-electron chi connectivity index (χ0n) is 10.3. The summed E-state index contributed by atoms with van der Waals surface area (Å²) in [6, 6.07) is 4.56. The second-order valence-corrected chi connectivity index (χ2v) is 5.15. The van der Waals surface area contributed by atoms with Gasteiger partial charge in [-0.05, 0) is 24.1 Å². The number of hydrogen-bond donors (Lipinski definition) is 3. The molecular weight excluding hydrogens is 264 g/mol. The molecule has 2 aromatic rings. The van der Waals surface area contributed by atoms with Gasteiger partial charge in [0.2, 0.25) is 5.91 Å². The van der Waals surface area contributed by atoms with E-state index in [2.05, 4.69) is 10.3 Å². The van der Waals surface area contributed by atoms with Gasteiger partial charge in [0.05, 0.1) is 0 Å². The fourth-order valence-corrected chi connectivity index (χ4v) is 2.19. The number of amides is 1. The van der Waals surface area contributed by atoms with Crippen molar-refractivity contribution >= 4 is 22.4 Å². The van der Waals surface area contributed by atoms with Gasteiger partial charge >= 0.3 is 0 Å². The lowest BCUT2D eigenvalue weighted by Gasteiger charge is -2.11. The molecule has 1 aromatic heterocycles.